The molecule has 1 heterocycles. The number of allylic oxidation sites excluding steroid dienone is 1. The highest BCUT2D eigenvalue weighted by Crippen LogP contribution is 2.29. The molecule has 28 heavy (non-hydrogen) atoms. The van der Waals surface area contributed by atoms with Crippen molar-refractivity contribution in [2.45, 2.75) is 39.5 Å². The second-order valence-electron chi connectivity index (χ2n) is 6.60. The minimum atomic E-state index is -0.337. The highest BCUT2D eigenvalue weighted by molar-refractivity contribution is 7.15. The number of benzene rings is 2. The van der Waals surface area contributed by atoms with Crippen molar-refractivity contribution in [1.82, 2.24) is 4.98 Å². The summed E-state index contributed by atoms with van der Waals surface area (Å²) in [5.74, 6) is 0.217. The summed E-state index contributed by atoms with van der Waals surface area (Å²) in [6, 6.07) is 16.0. The first-order valence-electron chi connectivity index (χ1n) is 9.73. The Morgan fingerprint density at radius 3 is 2.25 bits per heavy atom. The summed E-state index contributed by atoms with van der Waals surface area (Å²) in [6.07, 6.45) is 9.42. The maximum Gasteiger partial charge on any atom is 0.335 e. The van der Waals surface area contributed by atoms with E-state index < -0.39 is 0 Å². The van der Waals surface area contributed by atoms with E-state index >= 15 is 0 Å². The number of unbranched alkanes of at least 4 members (excludes halogenated alkanes) is 1. The van der Waals surface area contributed by atoms with Gasteiger partial charge < -0.3 is 4.74 Å². The summed E-state index contributed by atoms with van der Waals surface area (Å²) in [6.45, 7) is 4.26. The molecule has 0 spiro atoms. The van der Waals surface area contributed by atoms with Crippen molar-refractivity contribution < 1.29 is 9.53 Å². The third kappa shape index (κ3) is 5.40. The molecule has 0 saturated carbocycles. The molecule has 4 heteroatoms. The number of esters is 1. The molecule has 0 saturated heterocycles. The van der Waals surface area contributed by atoms with Gasteiger partial charge in [0.2, 0.25) is 0 Å². The summed E-state index contributed by atoms with van der Waals surface area (Å²) < 4.78 is 5.32. The first-order valence-corrected chi connectivity index (χ1v) is 10.5. The molecule has 0 aliphatic carbocycles. The molecule has 0 unspecified atom stereocenters. The number of ether oxygens (including phenoxy) is 1. The predicted octanol–water partition coefficient (Wildman–Crippen LogP) is 6.69. The number of rotatable bonds is 8. The average molecular weight is 392 g/mol. The monoisotopic (exact) mass is 391 g/mol. The number of thiazole rings is 1. The zero-order valence-corrected chi connectivity index (χ0v) is 17.2. The van der Waals surface area contributed by atoms with Gasteiger partial charge in [-0.2, -0.15) is 0 Å². The van der Waals surface area contributed by atoms with Gasteiger partial charge in [0.1, 0.15) is 10.8 Å². The Morgan fingerprint density at radius 1 is 0.964 bits per heavy atom. The van der Waals surface area contributed by atoms with Gasteiger partial charge >= 0.3 is 5.97 Å². The zero-order valence-electron chi connectivity index (χ0n) is 16.4. The molecular formula is C24H25NO2S. The molecule has 0 amide bonds. The fourth-order valence-corrected chi connectivity index (χ4v) is 3.84. The van der Waals surface area contributed by atoms with Crippen LogP contribution in [0, 0.1) is 0 Å². The van der Waals surface area contributed by atoms with Crippen molar-refractivity contribution in [1.29, 1.82) is 0 Å². The van der Waals surface area contributed by atoms with E-state index in [4.69, 9.17) is 4.74 Å². The lowest BCUT2D eigenvalue weighted by atomic mass is 10.0. The van der Waals surface area contributed by atoms with Crippen LogP contribution in [0.25, 0.3) is 21.7 Å². The number of carbonyl (C=O) groups excluding carboxylic acids is 1. The largest absolute Gasteiger partial charge is 0.423 e. The lowest BCUT2D eigenvalue weighted by Gasteiger charge is -2.05. The van der Waals surface area contributed by atoms with Crippen LogP contribution in [-0.4, -0.2) is 11.0 Å². The van der Waals surface area contributed by atoms with Crippen LogP contribution in [0.3, 0.4) is 0 Å². The van der Waals surface area contributed by atoms with E-state index in [-0.39, 0.29) is 5.97 Å². The maximum atomic E-state index is 11.7. The van der Waals surface area contributed by atoms with Crippen LogP contribution in [0.5, 0.6) is 5.75 Å². The Labute approximate surface area is 170 Å². The summed E-state index contributed by atoms with van der Waals surface area (Å²) in [7, 11) is 0. The topological polar surface area (TPSA) is 39.2 Å². The van der Waals surface area contributed by atoms with Crippen LogP contribution in [-0.2, 0) is 11.2 Å². The summed E-state index contributed by atoms with van der Waals surface area (Å²) in [5.41, 5.74) is 3.34. The highest BCUT2D eigenvalue weighted by atomic mass is 32.1. The zero-order chi connectivity index (χ0) is 19.8. The van der Waals surface area contributed by atoms with Crippen LogP contribution in [0.2, 0.25) is 0 Å². The van der Waals surface area contributed by atoms with Gasteiger partial charge in [0.05, 0.1) is 0 Å². The van der Waals surface area contributed by atoms with Crippen LogP contribution in [0.4, 0.5) is 0 Å². The lowest BCUT2D eigenvalue weighted by Crippen LogP contribution is -2.03. The van der Waals surface area contributed by atoms with E-state index in [0.717, 1.165) is 47.4 Å². The summed E-state index contributed by atoms with van der Waals surface area (Å²) in [4.78, 5) is 17.6. The third-order valence-corrected chi connectivity index (χ3v) is 5.40. The van der Waals surface area contributed by atoms with E-state index in [2.05, 4.69) is 43.1 Å². The average Bonchev–Trinajstić information content (AvgIpc) is 3.18. The number of hydrogen-bond acceptors (Lipinski definition) is 4. The SMILES string of the molecule is CCC/C=C/C(=O)Oc1ccc(-c2ccc(-c3ncc(CCC)s3)cc2)cc1. The molecule has 0 aliphatic heterocycles. The van der Waals surface area contributed by atoms with Crippen LogP contribution in [0.1, 0.15) is 38.0 Å². The second-order valence-corrected chi connectivity index (χ2v) is 7.71. The van der Waals surface area contributed by atoms with E-state index in [1.165, 1.54) is 11.0 Å². The molecule has 2 aromatic carbocycles. The second kappa shape index (κ2) is 10.00. The normalized spacial score (nSPS) is 11.1. The fourth-order valence-electron chi connectivity index (χ4n) is 2.82. The molecule has 144 valence electrons. The maximum absolute atomic E-state index is 11.7. The molecule has 0 N–H and O–H groups in total. The molecule has 0 fully saturated rings. The molecule has 0 aliphatic rings. The molecule has 3 nitrogen and oxygen atoms in total. The molecular weight excluding hydrogens is 366 g/mol. The van der Waals surface area contributed by atoms with Gasteiger partial charge in [-0.1, -0.05) is 69.2 Å². The Bertz CT molecular complexity index is 924. The number of nitrogens with zero attached hydrogens (tertiary/aromatic N) is 1. The number of hydrogen-bond donors (Lipinski definition) is 0. The number of aryl methyl sites for hydroxylation is 1. The van der Waals surface area contributed by atoms with Crippen LogP contribution >= 0.6 is 11.3 Å². The summed E-state index contributed by atoms with van der Waals surface area (Å²) >= 11 is 1.76. The van der Waals surface area contributed by atoms with Crippen molar-refractivity contribution in [3.05, 3.63) is 71.8 Å². The quantitative estimate of drug-likeness (QED) is 0.244. The van der Waals surface area contributed by atoms with Crippen molar-refractivity contribution in [3.8, 4) is 27.4 Å². The molecule has 0 bridgehead atoms. The van der Waals surface area contributed by atoms with E-state index in [9.17, 15) is 4.79 Å². The highest BCUT2D eigenvalue weighted by Gasteiger charge is 2.06. The van der Waals surface area contributed by atoms with Gasteiger partial charge in [-0.3, -0.25) is 0 Å². The fraction of sp³-hybridized carbons (Fsp3) is 0.250. The van der Waals surface area contributed by atoms with Crippen LogP contribution < -0.4 is 4.74 Å². The summed E-state index contributed by atoms with van der Waals surface area (Å²) in [5, 5.41) is 1.06. The van der Waals surface area contributed by atoms with Gasteiger partial charge in [0.15, 0.2) is 0 Å². The number of aromatic nitrogens is 1. The first kappa shape index (κ1) is 20.0. The Hall–Kier alpha value is -2.72. The Balaban J connectivity index is 1.65. The minimum absolute atomic E-state index is 0.337. The first-order chi connectivity index (χ1) is 13.7. The van der Waals surface area contributed by atoms with Gasteiger partial charge in [0.25, 0.3) is 0 Å². The number of carbonyl (C=O) groups is 1. The van der Waals surface area contributed by atoms with Crippen molar-refractivity contribution in [2.24, 2.45) is 0 Å². The van der Waals surface area contributed by atoms with Crippen molar-refractivity contribution >= 4 is 17.3 Å². The predicted molar refractivity (Wildman–Crippen MR) is 117 cm³/mol. The molecule has 0 radical (unpaired) electrons. The molecule has 1 aromatic heterocycles. The van der Waals surface area contributed by atoms with E-state index in [1.807, 2.05) is 36.5 Å². The Morgan fingerprint density at radius 2 is 1.61 bits per heavy atom. The van der Waals surface area contributed by atoms with Crippen molar-refractivity contribution in [3.63, 3.8) is 0 Å². The van der Waals surface area contributed by atoms with Crippen LogP contribution in [0.15, 0.2) is 66.9 Å². The standard InChI is InChI=1S/C24H25NO2S/c1-3-5-6-8-23(26)27-21-15-13-19(14-16-21)18-9-11-20(12-10-18)24-25-17-22(28-24)7-4-2/h6,8-17H,3-5,7H2,1-2H3/b8-6+. The minimum Gasteiger partial charge on any atom is -0.423 e. The molecule has 3 rings (SSSR count). The van der Waals surface area contributed by atoms with Gasteiger partial charge in [0, 0.05) is 22.7 Å². The molecule has 0 atom stereocenters. The lowest BCUT2D eigenvalue weighted by molar-refractivity contribution is -0.129. The van der Waals surface area contributed by atoms with E-state index in [0.29, 0.717) is 5.75 Å². The third-order valence-electron chi connectivity index (χ3n) is 4.30. The van der Waals surface area contributed by atoms with Crippen molar-refractivity contribution in [2.75, 3.05) is 0 Å². The van der Waals surface area contributed by atoms with Gasteiger partial charge in [-0.15, -0.1) is 11.3 Å². The molecule has 3 aromatic rings. The van der Waals surface area contributed by atoms with E-state index in [1.54, 1.807) is 11.3 Å². The van der Waals surface area contributed by atoms with Gasteiger partial charge in [-0.05, 0) is 36.1 Å². The van der Waals surface area contributed by atoms with Gasteiger partial charge in [-0.25, -0.2) is 9.78 Å². The Kier molecular flexibility index (Phi) is 7.15. The smallest absolute Gasteiger partial charge is 0.335 e.